The fraction of sp³-hybridized carbons (Fsp3) is 0.105. The summed E-state index contributed by atoms with van der Waals surface area (Å²) in [7, 11) is 0. The first kappa shape index (κ1) is 15.5. The first-order valence-electron chi connectivity index (χ1n) is 7.51. The van der Waals surface area contributed by atoms with Crippen molar-refractivity contribution in [3.63, 3.8) is 0 Å². The van der Waals surface area contributed by atoms with Gasteiger partial charge < -0.3 is 9.72 Å². The van der Waals surface area contributed by atoms with Gasteiger partial charge >= 0.3 is 5.97 Å². The van der Waals surface area contributed by atoms with Gasteiger partial charge in [-0.05, 0) is 30.7 Å². The number of pyridine rings is 1. The molecule has 0 aliphatic heterocycles. The van der Waals surface area contributed by atoms with Gasteiger partial charge in [-0.1, -0.05) is 18.2 Å². The third kappa shape index (κ3) is 3.03. The zero-order valence-electron chi connectivity index (χ0n) is 13.1. The van der Waals surface area contributed by atoms with Crippen LogP contribution in [0.15, 0.2) is 54.9 Å². The summed E-state index contributed by atoms with van der Waals surface area (Å²) >= 11 is 0. The molecule has 0 fully saturated rings. The molecule has 0 atom stereocenters. The Morgan fingerprint density at radius 3 is 2.96 bits per heavy atom. The number of carbonyl (C=O) groups is 1. The molecule has 0 aliphatic carbocycles. The minimum atomic E-state index is -0.411. The van der Waals surface area contributed by atoms with Crippen LogP contribution in [0.1, 0.15) is 18.2 Å². The Morgan fingerprint density at radius 1 is 1.38 bits per heavy atom. The highest BCUT2D eigenvalue weighted by Gasteiger charge is 2.12. The third-order valence-electron chi connectivity index (χ3n) is 3.58. The lowest BCUT2D eigenvalue weighted by atomic mass is 10.0. The highest BCUT2D eigenvalue weighted by atomic mass is 16.5. The Bertz CT molecular complexity index is 950. The molecular formula is C19H15N3O2. The Balaban J connectivity index is 2.12. The van der Waals surface area contributed by atoms with Crippen LogP contribution in [0, 0.1) is 6.57 Å². The van der Waals surface area contributed by atoms with Crippen LogP contribution in [0.5, 0.6) is 0 Å². The number of nitrogens with one attached hydrogen (secondary N) is 1. The van der Waals surface area contributed by atoms with Crippen molar-refractivity contribution < 1.29 is 9.53 Å². The lowest BCUT2D eigenvalue weighted by molar-refractivity contribution is -0.137. The number of nitrogens with zero attached hydrogens (tertiary/aromatic N) is 2. The van der Waals surface area contributed by atoms with E-state index in [0.717, 1.165) is 16.5 Å². The van der Waals surface area contributed by atoms with E-state index < -0.39 is 5.97 Å². The molecule has 2 heterocycles. The lowest BCUT2D eigenvalue weighted by Gasteiger charge is -2.08. The Kier molecular flexibility index (Phi) is 4.39. The SMILES string of the molecule is [C-]#[N+]c1c[nH]c2cc(C(=CC(=O)OCC)c3ccccn3)ccc12. The van der Waals surface area contributed by atoms with Crippen LogP contribution in [-0.2, 0) is 9.53 Å². The molecule has 24 heavy (non-hydrogen) atoms. The van der Waals surface area contributed by atoms with E-state index in [-0.39, 0.29) is 0 Å². The normalized spacial score (nSPS) is 11.2. The van der Waals surface area contributed by atoms with E-state index in [4.69, 9.17) is 11.3 Å². The van der Waals surface area contributed by atoms with Crippen molar-refractivity contribution >= 4 is 28.1 Å². The maximum absolute atomic E-state index is 11.9. The quantitative estimate of drug-likeness (QED) is 0.447. The maximum Gasteiger partial charge on any atom is 0.331 e. The lowest BCUT2D eigenvalue weighted by Crippen LogP contribution is -2.02. The molecule has 0 amide bonds. The van der Waals surface area contributed by atoms with Crippen LogP contribution >= 0.6 is 0 Å². The van der Waals surface area contributed by atoms with Crippen LogP contribution in [-0.4, -0.2) is 22.5 Å². The second-order valence-corrected chi connectivity index (χ2v) is 5.07. The van der Waals surface area contributed by atoms with Gasteiger partial charge in [-0.3, -0.25) is 4.98 Å². The molecule has 5 nitrogen and oxygen atoms in total. The van der Waals surface area contributed by atoms with Crippen molar-refractivity contribution in [2.75, 3.05) is 6.61 Å². The van der Waals surface area contributed by atoms with E-state index in [1.165, 1.54) is 6.08 Å². The standard InChI is InChI=1S/C19H15N3O2/c1-3-24-19(23)11-15(16-6-4-5-9-21-16)13-7-8-14-17(10-13)22-12-18(14)20-2/h4-12,22H,3H2,1H3. The molecule has 0 aliphatic rings. The monoisotopic (exact) mass is 317 g/mol. The summed E-state index contributed by atoms with van der Waals surface area (Å²) in [4.78, 5) is 22.8. The number of rotatable bonds is 4. The maximum atomic E-state index is 11.9. The molecular weight excluding hydrogens is 302 g/mol. The molecule has 0 unspecified atom stereocenters. The average molecular weight is 317 g/mol. The van der Waals surface area contributed by atoms with Crippen LogP contribution in [0.4, 0.5) is 5.69 Å². The summed E-state index contributed by atoms with van der Waals surface area (Å²) in [5.74, 6) is -0.411. The molecule has 3 aromatic rings. The average Bonchev–Trinajstić information content (AvgIpc) is 3.03. The molecule has 3 rings (SSSR count). The number of H-pyrrole nitrogens is 1. The van der Waals surface area contributed by atoms with Gasteiger partial charge in [0.05, 0.1) is 18.9 Å². The van der Waals surface area contributed by atoms with E-state index in [9.17, 15) is 4.79 Å². The topological polar surface area (TPSA) is 59.3 Å². The van der Waals surface area contributed by atoms with Gasteiger partial charge in [0.1, 0.15) is 0 Å². The van der Waals surface area contributed by atoms with Crippen molar-refractivity contribution in [2.24, 2.45) is 0 Å². The first-order chi connectivity index (χ1) is 11.7. The van der Waals surface area contributed by atoms with Crippen LogP contribution < -0.4 is 0 Å². The number of aromatic amines is 1. The first-order valence-corrected chi connectivity index (χ1v) is 7.51. The molecule has 118 valence electrons. The predicted octanol–water partition coefficient (Wildman–Crippen LogP) is 4.11. The summed E-state index contributed by atoms with van der Waals surface area (Å²) in [6, 6.07) is 11.2. The van der Waals surface area contributed by atoms with E-state index in [2.05, 4.69) is 14.8 Å². The minimum Gasteiger partial charge on any atom is -0.463 e. The van der Waals surface area contributed by atoms with E-state index in [0.29, 0.717) is 23.6 Å². The zero-order valence-corrected chi connectivity index (χ0v) is 13.1. The Morgan fingerprint density at radius 2 is 2.25 bits per heavy atom. The zero-order chi connectivity index (χ0) is 16.9. The van der Waals surface area contributed by atoms with Crippen LogP contribution in [0.2, 0.25) is 0 Å². The number of ether oxygens (including phenoxy) is 1. The third-order valence-corrected chi connectivity index (χ3v) is 3.58. The highest BCUT2D eigenvalue weighted by molar-refractivity contribution is 5.99. The largest absolute Gasteiger partial charge is 0.463 e. The minimum absolute atomic E-state index is 0.314. The van der Waals surface area contributed by atoms with E-state index in [1.54, 1.807) is 19.3 Å². The van der Waals surface area contributed by atoms with Crippen molar-refractivity contribution in [3.05, 3.63) is 77.5 Å². The number of esters is 1. The number of hydrogen-bond donors (Lipinski definition) is 1. The molecule has 1 N–H and O–H groups in total. The number of aromatic nitrogens is 2. The summed E-state index contributed by atoms with van der Waals surface area (Å²) < 4.78 is 5.03. The van der Waals surface area contributed by atoms with Crippen molar-refractivity contribution in [2.45, 2.75) is 6.92 Å². The predicted molar refractivity (Wildman–Crippen MR) is 92.5 cm³/mol. The van der Waals surface area contributed by atoms with Crippen LogP contribution in [0.3, 0.4) is 0 Å². The fourth-order valence-electron chi connectivity index (χ4n) is 2.50. The van der Waals surface area contributed by atoms with Gasteiger partial charge in [0.2, 0.25) is 5.69 Å². The number of fused-ring (bicyclic) bond motifs is 1. The van der Waals surface area contributed by atoms with Gasteiger partial charge in [-0.2, -0.15) is 0 Å². The van der Waals surface area contributed by atoms with Gasteiger partial charge in [0.15, 0.2) is 0 Å². The number of hydrogen-bond acceptors (Lipinski definition) is 3. The molecule has 1 aromatic carbocycles. The van der Waals surface area contributed by atoms with Gasteiger partial charge in [0, 0.05) is 34.9 Å². The van der Waals surface area contributed by atoms with Gasteiger partial charge in [0.25, 0.3) is 0 Å². The van der Waals surface area contributed by atoms with E-state index in [1.807, 2.05) is 36.4 Å². The summed E-state index contributed by atoms with van der Waals surface area (Å²) in [5.41, 5.74) is 3.60. The highest BCUT2D eigenvalue weighted by Crippen LogP contribution is 2.30. The number of benzene rings is 1. The van der Waals surface area contributed by atoms with Crippen molar-refractivity contribution in [1.29, 1.82) is 0 Å². The second kappa shape index (κ2) is 6.80. The summed E-state index contributed by atoms with van der Waals surface area (Å²) in [6.07, 6.45) is 4.81. The molecule has 0 bridgehead atoms. The molecule has 2 aromatic heterocycles. The van der Waals surface area contributed by atoms with Gasteiger partial charge in [-0.25, -0.2) is 9.64 Å². The van der Waals surface area contributed by atoms with Gasteiger partial charge in [-0.15, -0.1) is 0 Å². The molecule has 0 saturated heterocycles. The van der Waals surface area contributed by atoms with Crippen molar-refractivity contribution in [1.82, 2.24) is 9.97 Å². The Hall–Kier alpha value is -3.39. The number of carbonyl (C=O) groups excluding carboxylic acids is 1. The molecule has 0 radical (unpaired) electrons. The smallest absolute Gasteiger partial charge is 0.331 e. The van der Waals surface area contributed by atoms with E-state index >= 15 is 0 Å². The fourth-order valence-corrected chi connectivity index (χ4v) is 2.50. The Labute approximate surface area is 139 Å². The summed E-state index contributed by atoms with van der Waals surface area (Å²) in [6.45, 7) is 9.26. The molecule has 5 heteroatoms. The molecule has 0 saturated carbocycles. The molecule has 0 spiro atoms. The van der Waals surface area contributed by atoms with Crippen LogP contribution in [0.25, 0.3) is 21.3 Å². The summed E-state index contributed by atoms with van der Waals surface area (Å²) in [5, 5.41) is 0.852. The van der Waals surface area contributed by atoms with Crippen molar-refractivity contribution in [3.8, 4) is 0 Å². The second-order valence-electron chi connectivity index (χ2n) is 5.07.